The highest BCUT2D eigenvalue weighted by Gasteiger charge is 2.23. The molecule has 0 heterocycles. The average Bonchev–Trinajstić information content (AvgIpc) is 2.26. The van der Waals surface area contributed by atoms with Crippen LogP contribution < -0.4 is 5.73 Å². The van der Waals surface area contributed by atoms with Crippen molar-refractivity contribution in [1.29, 1.82) is 0 Å². The Balaban J connectivity index is 2.61. The number of rotatable bonds is 1. The molecule has 0 aliphatic heterocycles. The fourth-order valence-corrected chi connectivity index (χ4v) is 1.99. The predicted molar refractivity (Wildman–Crippen MR) is 70.3 cm³/mol. The normalized spacial score (nSPS) is 14.0. The topological polar surface area (TPSA) is 26.0 Å². The van der Waals surface area contributed by atoms with Crippen LogP contribution in [0.25, 0.3) is 10.8 Å². The summed E-state index contributed by atoms with van der Waals surface area (Å²) in [7, 11) is 0. The SMILES string of the molecule is CC(C)(C)C(N)c1cccc2ccccc12. The highest BCUT2D eigenvalue weighted by molar-refractivity contribution is 5.86. The van der Waals surface area contributed by atoms with Crippen LogP contribution in [0.3, 0.4) is 0 Å². The zero-order valence-electron chi connectivity index (χ0n) is 10.2. The van der Waals surface area contributed by atoms with Gasteiger partial charge in [-0.05, 0) is 21.8 Å². The van der Waals surface area contributed by atoms with Gasteiger partial charge in [0.15, 0.2) is 0 Å². The Hall–Kier alpha value is -1.34. The summed E-state index contributed by atoms with van der Waals surface area (Å²) < 4.78 is 0. The lowest BCUT2D eigenvalue weighted by Gasteiger charge is -2.28. The smallest absolute Gasteiger partial charge is 0.0350 e. The molecule has 0 saturated heterocycles. The van der Waals surface area contributed by atoms with Crippen LogP contribution in [0, 0.1) is 5.41 Å². The summed E-state index contributed by atoms with van der Waals surface area (Å²) in [5.41, 5.74) is 7.67. The molecular weight excluding hydrogens is 194 g/mol. The molecule has 0 aromatic heterocycles. The van der Waals surface area contributed by atoms with Crippen molar-refractivity contribution < 1.29 is 0 Å². The van der Waals surface area contributed by atoms with Crippen LogP contribution in [0.4, 0.5) is 0 Å². The van der Waals surface area contributed by atoms with Gasteiger partial charge in [-0.25, -0.2) is 0 Å². The van der Waals surface area contributed by atoms with Crippen molar-refractivity contribution in [3.05, 3.63) is 48.0 Å². The van der Waals surface area contributed by atoms with Gasteiger partial charge in [-0.3, -0.25) is 0 Å². The van der Waals surface area contributed by atoms with Gasteiger partial charge in [0, 0.05) is 6.04 Å². The molecule has 1 heteroatoms. The monoisotopic (exact) mass is 213 g/mol. The van der Waals surface area contributed by atoms with Crippen LogP contribution in [0.5, 0.6) is 0 Å². The molecule has 2 aromatic rings. The molecule has 16 heavy (non-hydrogen) atoms. The van der Waals surface area contributed by atoms with Crippen molar-refractivity contribution in [2.45, 2.75) is 26.8 Å². The van der Waals surface area contributed by atoms with E-state index in [-0.39, 0.29) is 11.5 Å². The first-order valence-electron chi connectivity index (χ1n) is 5.73. The minimum atomic E-state index is 0.0681. The largest absolute Gasteiger partial charge is 0.323 e. The predicted octanol–water partition coefficient (Wildman–Crippen LogP) is 3.89. The first-order chi connectivity index (χ1) is 7.50. The molecule has 2 N–H and O–H groups in total. The van der Waals surface area contributed by atoms with E-state index in [0.29, 0.717) is 0 Å². The van der Waals surface area contributed by atoms with Gasteiger partial charge in [0.2, 0.25) is 0 Å². The summed E-state index contributed by atoms with van der Waals surface area (Å²) in [5.74, 6) is 0. The van der Waals surface area contributed by atoms with E-state index < -0.39 is 0 Å². The van der Waals surface area contributed by atoms with Gasteiger partial charge in [0.05, 0.1) is 0 Å². The molecule has 0 amide bonds. The van der Waals surface area contributed by atoms with Crippen LogP contribution in [-0.4, -0.2) is 0 Å². The van der Waals surface area contributed by atoms with E-state index in [1.165, 1.54) is 16.3 Å². The van der Waals surface area contributed by atoms with E-state index in [9.17, 15) is 0 Å². The second-order valence-corrected chi connectivity index (χ2v) is 5.41. The molecule has 0 saturated carbocycles. The maximum atomic E-state index is 6.34. The third-order valence-corrected chi connectivity index (χ3v) is 3.09. The third kappa shape index (κ3) is 1.96. The van der Waals surface area contributed by atoms with E-state index in [1.54, 1.807) is 0 Å². The maximum absolute atomic E-state index is 6.34. The van der Waals surface area contributed by atoms with Crippen molar-refractivity contribution in [2.24, 2.45) is 11.1 Å². The third-order valence-electron chi connectivity index (χ3n) is 3.09. The van der Waals surface area contributed by atoms with Gasteiger partial charge in [-0.2, -0.15) is 0 Å². The van der Waals surface area contributed by atoms with Crippen molar-refractivity contribution in [1.82, 2.24) is 0 Å². The van der Waals surface area contributed by atoms with Crippen molar-refractivity contribution in [3.8, 4) is 0 Å². The second kappa shape index (κ2) is 3.91. The lowest BCUT2D eigenvalue weighted by atomic mass is 9.81. The van der Waals surface area contributed by atoms with Crippen molar-refractivity contribution >= 4 is 10.8 Å². The summed E-state index contributed by atoms with van der Waals surface area (Å²) in [4.78, 5) is 0. The molecule has 1 atom stereocenters. The quantitative estimate of drug-likeness (QED) is 0.764. The van der Waals surface area contributed by atoms with Crippen LogP contribution >= 0.6 is 0 Å². The first kappa shape index (κ1) is 11.2. The van der Waals surface area contributed by atoms with Crippen molar-refractivity contribution in [2.75, 3.05) is 0 Å². The number of hydrogen-bond donors (Lipinski definition) is 1. The number of hydrogen-bond acceptors (Lipinski definition) is 1. The average molecular weight is 213 g/mol. The molecule has 0 radical (unpaired) electrons. The Labute approximate surface area is 97.3 Å². The van der Waals surface area contributed by atoms with Crippen molar-refractivity contribution in [3.63, 3.8) is 0 Å². The number of fused-ring (bicyclic) bond motifs is 1. The standard InChI is InChI=1S/C15H19N/c1-15(2,3)14(16)13-10-6-8-11-7-4-5-9-12(11)13/h4-10,14H,16H2,1-3H3. The molecular formula is C15H19N. The lowest BCUT2D eigenvalue weighted by molar-refractivity contribution is 0.328. The van der Waals surface area contributed by atoms with E-state index in [2.05, 4.69) is 63.2 Å². The number of nitrogens with two attached hydrogens (primary N) is 1. The molecule has 0 bridgehead atoms. The van der Waals surface area contributed by atoms with Crippen LogP contribution in [-0.2, 0) is 0 Å². The summed E-state index contributed by atoms with van der Waals surface area (Å²) in [5, 5.41) is 2.53. The van der Waals surface area contributed by atoms with Crippen LogP contribution in [0.1, 0.15) is 32.4 Å². The minimum absolute atomic E-state index is 0.0681. The zero-order chi connectivity index (χ0) is 11.8. The molecule has 0 spiro atoms. The van der Waals surface area contributed by atoms with Crippen LogP contribution in [0.2, 0.25) is 0 Å². The van der Waals surface area contributed by atoms with E-state index in [4.69, 9.17) is 5.73 Å². The van der Waals surface area contributed by atoms with E-state index >= 15 is 0 Å². The second-order valence-electron chi connectivity index (χ2n) is 5.41. The van der Waals surface area contributed by atoms with Gasteiger partial charge in [0.1, 0.15) is 0 Å². The van der Waals surface area contributed by atoms with Gasteiger partial charge >= 0.3 is 0 Å². The van der Waals surface area contributed by atoms with Crippen LogP contribution in [0.15, 0.2) is 42.5 Å². The Morgan fingerprint density at radius 1 is 0.938 bits per heavy atom. The molecule has 1 unspecified atom stereocenters. The summed E-state index contributed by atoms with van der Waals surface area (Å²) in [6.07, 6.45) is 0. The molecule has 0 aliphatic carbocycles. The van der Waals surface area contributed by atoms with Gasteiger partial charge in [-0.15, -0.1) is 0 Å². The molecule has 2 rings (SSSR count). The molecule has 0 aliphatic rings. The minimum Gasteiger partial charge on any atom is -0.323 e. The molecule has 0 fully saturated rings. The highest BCUT2D eigenvalue weighted by Crippen LogP contribution is 2.34. The fraction of sp³-hybridized carbons (Fsp3) is 0.333. The first-order valence-corrected chi connectivity index (χ1v) is 5.73. The fourth-order valence-electron chi connectivity index (χ4n) is 1.99. The molecule has 84 valence electrons. The summed E-state index contributed by atoms with van der Waals surface area (Å²) in [6, 6.07) is 14.8. The Morgan fingerprint density at radius 2 is 1.56 bits per heavy atom. The van der Waals surface area contributed by atoms with Gasteiger partial charge in [0.25, 0.3) is 0 Å². The Bertz CT molecular complexity index is 489. The Kier molecular flexibility index (Phi) is 2.73. The van der Waals surface area contributed by atoms with E-state index in [1.807, 2.05) is 0 Å². The van der Waals surface area contributed by atoms with Gasteiger partial charge in [-0.1, -0.05) is 63.2 Å². The lowest BCUT2D eigenvalue weighted by Crippen LogP contribution is -2.26. The maximum Gasteiger partial charge on any atom is 0.0350 e. The molecule has 2 aromatic carbocycles. The van der Waals surface area contributed by atoms with E-state index in [0.717, 1.165) is 0 Å². The highest BCUT2D eigenvalue weighted by atomic mass is 14.7. The van der Waals surface area contributed by atoms with Gasteiger partial charge < -0.3 is 5.73 Å². The zero-order valence-corrected chi connectivity index (χ0v) is 10.2. The molecule has 1 nitrogen and oxygen atoms in total. The summed E-state index contributed by atoms with van der Waals surface area (Å²) >= 11 is 0. The number of benzene rings is 2. The summed E-state index contributed by atoms with van der Waals surface area (Å²) in [6.45, 7) is 6.54. The Morgan fingerprint density at radius 3 is 2.25 bits per heavy atom.